The largest absolute Gasteiger partial charge is 0.480 e. The third-order valence-electron chi connectivity index (χ3n) is 2.25. The van der Waals surface area contributed by atoms with Gasteiger partial charge < -0.3 is 26.6 Å². The van der Waals surface area contributed by atoms with Crippen LogP contribution in [0.15, 0.2) is 0 Å². The standard InChI is InChI=1S/C10H17N3O6S.C2H4OS/c11-5(10(18)19)1-2-7(14)13-6(4-20)9(17)12-3-8(15)16;1-2(3)4/h5-6,20H,1-4,11H2,(H,12,17)(H,13,14)(H,15,16)(H,18,19);1H3,(H,3,4)/t5-,6-;/m0./s1. The van der Waals surface area contributed by atoms with Crippen molar-refractivity contribution in [3.63, 3.8) is 0 Å². The number of aliphatic carboxylic acids is 2. The van der Waals surface area contributed by atoms with Gasteiger partial charge in [-0.1, -0.05) is 0 Å². The van der Waals surface area contributed by atoms with Gasteiger partial charge in [0.05, 0.1) is 0 Å². The van der Waals surface area contributed by atoms with E-state index in [2.05, 4.69) is 35.9 Å². The molecule has 0 aromatic carbocycles. The molecule has 0 unspecified atom stereocenters. The van der Waals surface area contributed by atoms with Crippen LogP contribution >= 0.6 is 25.3 Å². The fourth-order valence-electron chi connectivity index (χ4n) is 1.16. The number of hydrogen-bond donors (Lipinski definition) is 7. The molecule has 0 saturated carbocycles. The van der Waals surface area contributed by atoms with Crippen LogP contribution in [0, 0.1) is 0 Å². The van der Waals surface area contributed by atoms with Crippen LogP contribution in [0.25, 0.3) is 0 Å². The molecule has 0 bridgehead atoms. The topological polar surface area (TPSA) is 176 Å². The number of carbonyl (C=O) groups is 5. The van der Waals surface area contributed by atoms with E-state index in [1.807, 2.05) is 0 Å². The van der Waals surface area contributed by atoms with E-state index in [9.17, 15) is 24.0 Å². The van der Waals surface area contributed by atoms with Crippen LogP contribution in [0.3, 0.4) is 0 Å². The first-order valence-electron chi connectivity index (χ1n) is 6.58. The van der Waals surface area contributed by atoms with Crippen LogP contribution in [0.2, 0.25) is 0 Å². The summed E-state index contributed by atoms with van der Waals surface area (Å²) in [6.45, 7) is 0.825. The van der Waals surface area contributed by atoms with Crippen LogP contribution in [-0.4, -0.2) is 63.5 Å². The minimum atomic E-state index is -1.22. The van der Waals surface area contributed by atoms with Crippen molar-refractivity contribution in [3.8, 4) is 0 Å². The molecule has 0 rings (SSSR count). The maximum absolute atomic E-state index is 11.5. The van der Waals surface area contributed by atoms with Gasteiger partial charge in [-0.25, -0.2) is 0 Å². The molecule has 0 aromatic rings. The van der Waals surface area contributed by atoms with Gasteiger partial charge in [0.2, 0.25) is 11.8 Å². The number of carbonyl (C=O) groups excluding carboxylic acids is 3. The number of carboxylic acid groups (broad SMARTS) is 2. The van der Waals surface area contributed by atoms with Gasteiger partial charge in [0.25, 0.3) is 0 Å². The van der Waals surface area contributed by atoms with Crippen LogP contribution in [0.4, 0.5) is 0 Å². The summed E-state index contributed by atoms with van der Waals surface area (Å²) in [5.41, 5.74) is 5.23. The molecule has 6 N–H and O–H groups in total. The summed E-state index contributed by atoms with van der Waals surface area (Å²) in [5, 5.41) is 21.2. The van der Waals surface area contributed by atoms with E-state index in [1.54, 1.807) is 0 Å². The number of rotatable bonds is 9. The summed E-state index contributed by atoms with van der Waals surface area (Å²) >= 11 is 7.20. The summed E-state index contributed by atoms with van der Waals surface area (Å²) in [6.07, 6.45) is -0.235. The first kappa shape index (κ1) is 24.5. The lowest BCUT2D eigenvalue weighted by Gasteiger charge is -2.16. The van der Waals surface area contributed by atoms with E-state index in [0.29, 0.717) is 0 Å². The fraction of sp³-hybridized carbons (Fsp3) is 0.583. The Morgan fingerprint density at radius 1 is 1.17 bits per heavy atom. The highest BCUT2D eigenvalue weighted by atomic mass is 32.1. The number of thiol groups is 2. The summed E-state index contributed by atoms with van der Waals surface area (Å²) in [7, 11) is 0. The first-order valence-corrected chi connectivity index (χ1v) is 7.66. The third kappa shape index (κ3) is 15.1. The van der Waals surface area contributed by atoms with Crippen molar-refractivity contribution in [2.24, 2.45) is 5.73 Å². The molecule has 0 aromatic heterocycles. The Labute approximate surface area is 149 Å². The number of nitrogens with one attached hydrogen (secondary N) is 2. The van der Waals surface area contributed by atoms with Crippen molar-refractivity contribution in [2.75, 3.05) is 12.3 Å². The number of carboxylic acids is 2. The molecule has 0 aliphatic heterocycles. The smallest absolute Gasteiger partial charge is 0.322 e. The summed E-state index contributed by atoms with van der Waals surface area (Å²) in [6, 6.07) is -2.15. The van der Waals surface area contributed by atoms with Crippen molar-refractivity contribution in [2.45, 2.75) is 31.8 Å². The van der Waals surface area contributed by atoms with Crippen molar-refractivity contribution < 1.29 is 34.2 Å². The minimum Gasteiger partial charge on any atom is -0.480 e. The van der Waals surface area contributed by atoms with Gasteiger partial charge in [-0.3, -0.25) is 24.0 Å². The quantitative estimate of drug-likeness (QED) is 0.229. The van der Waals surface area contributed by atoms with Gasteiger partial charge >= 0.3 is 11.9 Å². The zero-order valence-corrected chi connectivity index (χ0v) is 14.7. The lowest BCUT2D eigenvalue weighted by Crippen LogP contribution is -2.49. The van der Waals surface area contributed by atoms with E-state index in [4.69, 9.17) is 15.9 Å². The molecule has 10 nitrogen and oxygen atoms in total. The second kappa shape index (κ2) is 13.6. The molecule has 2 amide bonds. The molecule has 0 spiro atoms. The van der Waals surface area contributed by atoms with Gasteiger partial charge in [-0.05, 0) is 6.42 Å². The van der Waals surface area contributed by atoms with Gasteiger partial charge in [-0.2, -0.15) is 12.6 Å². The van der Waals surface area contributed by atoms with Crippen molar-refractivity contribution in [1.82, 2.24) is 10.6 Å². The van der Waals surface area contributed by atoms with E-state index in [-0.39, 0.29) is 23.7 Å². The van der Waals surface area contributed by atoms with Crippen LogP contribution < -0.4 is 16.4 Å². The molecule has 0 heterocycles. The third-order valence-corrected chi connectivity index (χ3v) is 2.61. The Balaban J connectivity index is 0. The molecule has 12 heteroatoms. The maximum atomic E-state index is 11.5. The van der Waals surface area contributed by atoms with E-state index in [1.165, 1.54) is 6.92 Å². The molecule has 0 radical (unpaired) electrons. The Bertz CT molecular complexity index is 470. The Morgan fingerprint density at radius 2 is 1.67 bits per heavy atom. The zero-order chi connectivity index (χ0) is 19.3. The molecule has 0 aliphatic rings. The molecule has 0 aliphatic carbocycles. The minimum absolute atomic E-state index is 0.0256. The van der Waals surface area contributed by atoms with E-state index in [0.717, 1.165) is 0 Å². The number of amides is 2. The number of hydrogen-bond acceptors (Lipinski definition) is 7. The van der Waals surface area contributed by atoms with E-state index >= 15 is 0 Å². The SMILES string of the molecule is CC(=O)S.N[C@@H](CCC(=O)N[C@@H](CS)C(=O)NCC(=O)O)C(=O)O. The van der Waals surface area contributed by atoms with Crippen molar-refractivity contribution in [3.05, 3.63) is 0 Å². The Kier molecular flexibility index (Phi) is 13.9. The normalized spacial score (nSPS) is 12.0. The monoisotopic (exact) mass is 383 g/mol. The van der Waals surface area contributed by atoms with Gasteiger partial charge in [0.15, 0.2) is 5.12 Å². The highest BCUT2D eigenvalue weighted by molar-refractivity contribution is 7.96. The average Bonchev–Trinajstić information content (AvgIpc) is 2.46. The summed E-state index contributed by atoms with van der Waals surface area (Å²) in [5.74, 6) is -3.70. The Morgan fingerprint density at radius 3 is 2.04 bits per heavy atom. The highest BCUT2D eigenvalue weighted by Gasteiger charge is 2.20. The lowest BCUT2D eigenvalue weighted by molar-refractivity contribution is -0.139. The zero-order valence-electron chi connectivity index (χ0n) is 12.9. The molecule has 2 atom stereocenters. The highest BCUT2D eigenvalue weighted by Crippen LogP contribution is 1.97. The predicted molar refractivity (Wildman–Crippen MR) is 90.9 cm³/mol. The van der Waals surface area contributed by atoms with Gasteiger partial charge in [0.1, 0.15) is 18.6 Å². The second-order valence-electron chi connectivity index (χ2n) is 4.42. The van der Waals surface area contributed by atoms with Crippen LogP contribution in [0.5, 0.6) is 0 Å². The average molecular weight is 383 g/mol. The summed E-state index contributed by atoms with van der Waals surface area (Å²) in [4.78, 5) is 53.1. The fourth-order valence-corrected chi connectivity index (χ4v) is 1.41. The molecular formula is C12H21N3O7S2. The molecule has 138 valence electrons. The second-order valence-corrected chi connectivity index (χ2v) is 5.41. The van der Waals surface area contributed by atoms with E-state index < -0.39 is 42.4 Å². The molecular weight excluding hydrogens is 362 g/mol. The number of nitrogens with two attached hydrogens (primary N) is 1. The van der Waals surface area contributed by atoms with Crippen LogP contribution in [0.1, 0.15) is 19.8 Å². The lowest BCUT2D eigenvalue weighted by atomic mass is 10.1. The van der Waals surface area contributed by atoms with Gasteiger partial charge in [-0.15, -0.1) is 12.6 Å². The summed E-state index contributed by atoms with van der Waals surface area (Å²) < 4.78 is 0. The van der Waals surface area contributed by atoms with Crippen molar-refractivity contribution >= 4 is 54.1 Å². The Hall–Kier alpha value is -1.79. The van der Waals surface area contributed by atoms with Crippen molar-refractivity contribution in [1.29, 1.82) is 0 Å². The molecule has 24 heavy (non-hydrogen) atoms. The van der Waals surface area contributed by atoms with Gasteiger partial charge in [0, 0.05) is 19.1 Å². The molecule has 0 saturated heterocycles. The molecule has 0 fully saturated rings. The first-order chi connectivity index (χ1) is 11.0. The maximum Gasteiger partial charge on any atom is 0.322 e. The van der Waals surface area contributed by atoms with Crippen LogP contribution in [-0.2, 0) is 24.0 Å². The predicted octanol–water partition coefficient (Wildman–Crippen LogP) is -1.74.